The standard InChI is InChI=1S/C21H28N2O6S/c1-15(24)22-21(10-4-3-5-11-21)20(26)29-14-19(25)17-8-9-18-16(13-17)7-6-12-23(18)30(2,27)28/h8-9,13H,3-7,10-12,14H2,1-2H3,(H,22,24). The normalized spacial score (nSPS) is 18.3. The van der Waals surface area contributed by atoms with Crippen molar-refractivity contribution in [1.29, 1.82) is 0 Å². The Kier molecular flexibility index (Phi) is 6.50. The van der Waals surface area contributed by atoms with E-state index >= 15 is 0 Å². The van der Waals surface area contributed by atoms with E-state index < -0.39 is 28.1 Å². The maximum Gasteiger partial charge on any atom is 0.332 e. The lowest BCUT2D eigenvalue weighted by Crippen LogP contribution is -2.56. The summed E-state index contributed by atoms with van der Waals surface area (Å²) in [6.45, 7) is 1.36. The van der Waals surface area contributed by atoms with Gasteiger partial charge in [0.05, 0.1) is 11.9 Å². The summed E-state index contributed by atoms with van der Waals surface area (Å²) in [5.41, 5.74) is 0.681. The maximum atomic E-state index is 12.7. The second-order valence-corrected chi connectivity index (χ2v) is 10.0. The van der Waals surface area contributed by atoms with Crippen molar-refractivity contribution in [3.05, 3.63) is 29.3 Å². The summed E-state index contributed by atoms with van der Waals surface area (Å²) in [7, 11) is -3.38. The molecule has 0 radical (unpaired) electrons. The Balaban J connectivity index is 1.70. The van der Waals surface area contributed by atoms with Gasteiger partial charge in [-0.05, 0) is 49.4 Å². The number of hydrogen-bond acceptors (Lipinski definition) is 6. The first-order valence-corrected chi connectivity index (χ1v) is 12.1. The van der Waals surface area contributed by atoms with Gasteiger partial charge in [-0.25, -0.2) is 13.2 Å². The molecule has 0 aromatic heterocycles. The van der Waals surface area contributed by atoms with Gasteiger partial charge in [0.25, 0.3) is 0 Å². The first-order chi connectivity index (χ1) is 14.1. The predicted octanol–water partition coefficient (Wildman–Crippen LogP) is 1.96. The highest BCUT2D eigenvalue weighted by molar-refractivity contribution is 7.92. The van der Waals surface area contributed by atoms with Crippen molar-refractivity contribution in [2.24, 2.45) is 0 Å². The van der Waals surface area contributed by atoms with Crippen LogP contribution in [0.3, 0.4) is 0 Å². The number of Topliss-reactive ketones (excluding diaryl/α,β-unsaturated/α-hetero) is 1. The number of esters is 1. The molecule has 0 unspecified atom stereocenters. The van der Waals surface area contributed by atoms with Crippen molar-refractivity contribution in [2.45, 2.75) is 57.4 Å². The third-order valence-corrected chi connectivity index (χ3v) is 6.91. The summed E-state index contributed by atoms with van der Waals surface area (Å²) in [5, 5.41) is 2.73. The smallest absolute Gasteiger partial charge is 0.332 e. The van der Waals surface area contributed by atoms with Gasteiger partial charge in [-0.1, -0.05) is 19.3 Å². The number of benzene rings is 1. The van der Waals surface area contributed by atoms with Gasteiger partial charge < -0.3 is 10.1 Å². The first-order valence-electron chi connectivity index (χ1n) is 10.2. The molecule has 9 heteroatoms. The number of fused-ring (bicyclic) bond motifs is 1. The number of ketones is 1. The Morgan fingerprint density at radius 1 is 1.13 bits per heavy atom. The molecule has 1 saturated carbocycles. The lowest BCUT2D eigenvalue weighted by molar-refractivity contribution is -0.154. The molecule has 0 saturated heterocycles. The van der Waals surface area contributed by atoms with Gasteiger partial charge >= 0.3 is 5.97 Å². The fourth-order valence-corrected chi connectivity index (χ4v) is 5.30. The summed E-state index contributed by atoms with van der Waals surface area (Å²) >= 11 is 0. The van der Waals surface area contributed by atoms with Gasteiger partial charge in [-0.15, -0.1) is 0 Å². The third kappa shape index (κ3) is 4.83. The molecule has 1 heterocycles. The average Bonchev–Trinajstić information content (AvgIpc) is 2.70. The number of sulfonamides is 1. The van der Waals surface area contributed by atoms with E-state index in [0.29, 0.717) is 43.5 Å². The lowest BCUT2D eigenvalue weighted by Gasteiger charge is -2.35. The van der Waals surface area contributed by atoms with E-state index in [1.54, 1.807) is 18.2 Å². The molecule has 8 nitrogen and oxygen atoms in total. The highest BCUT2D eigenvalue weighted by Crippen LogP contribution is 2.31. The minimum absolute atomic E-state index is 0.301. The van der Waals surface area contributed by atoms with Gasteiger partial charge in [0.15, 0.2) is 12.4 Å². The van der Waals surface area contributed by atoms with Crippen LogP contribution in [-0.4, -0.2) is 51.0 Å². The fourth-order valence-electron chi connectivity index (χ4n) is 4.31. The van der Waals surface area contributed by atoms with Crippen molar-refractivity contribution in [3.63, 3.8) is 0 Å². The van der Waals surface area contributed by atoms with Crippen LogP contribution in [0.25, 0.3) is 0 Å². The van der Waals surface area contributed by atoms with E-state index in [2.05, 4.69) is 5.32 Å². The van der Waals surface area contributed by atoms with Gasteiger partial charge in [-0.3, -0.25) is 13.9 Å². The molecule has 1 amide bonds. The summed E-state index contributed by atoms with van der Waals surface area (Å²) in [5.74, 6) is -1.24. The minimum atomic E-state index is -3.38. The lowest BCUT2D eigenvalue weighted by atomic mass is 9.81. The first kappa shape index (κ1) is 22.3. The van der Waals surface area contributed by atoms with Gasteiger partial charge in [-0.2, -0.15) is 0 Å². The highest BCUT2D eigenvalue weighted by atomic mass is 32.2. The SMILES string of the molecule is CC(=O)NC1(C(=O)OCC(=O)c2ccc3c(c2)CCCN3S(C)(=O)=O)CCCCC1. The number of rotatable bonds is 6. The molecule has 1 aliphatic carbocycles. The van der Waals surface area contributed by atoms with Crippen LogP contribution in [0, 0.1) is 0 Å². The number of anilines is 1. The molecule has 1 fully saturated rings. The van der Waals surface area contributed by atoms with E-state index in [9.17, 15) is 22.8 Å². The number of amides is 1. The third-order valence-electron chi connectivity index (χ3n) is 5.73. The van der Waals surface area contributed by atoms with Gasteiger partial charge in [0, 0.05) is 19.0 Å². The molecule has 0 spiro atoms. The molecule has 1 aliphatic heterocycles. The molecule has 164 valence electrons. The second kappa shape index (κ2) is 8.75. The number of nitrogens with one attached hydrogen (secondary N) is 1. The number of ether oxygens (including phenoxy) is 1. The molecular formula is C21H28N2O6S. The Bertz CT molecular complexity index is 950. The number of hydrogen-bond donors (Lipinski definition) is 1. The van der Waals surface area contributed by atoms with Crippen LogP contribution in [0.1, 0.15) is 61.4 Å². The van der Waals surface area contributed by atoms with Crippen molar-refractivity contribution >= 4 is 33.4 Å². The molecule has 0 bridgehead atoms. The number of aryl methyl sites for hydroxylation is 1. The van der Waals surface area contributed by atoms with Crippen molar-refractivity contribution in [3.8, 4) is 0 Å². The summed E-state index contributed by atoms with van der Waals surface area (Å²) < 4.78 is 30.6. The van der Waals surface area contributed by atoms with Crippen LogP contribution in [0.15, 0.2) is 18.2 Å². The Hall–Kier alpha value is -2.42. The quantitative estimate of drug-likeness (QED) is 0.539. The van der Waals surface area contributed by atoms with Crippen molar-refractivity contribution in [2.75, 3.05) is 23.7 Å². The molecule has 0 atom stereocenters. The molecule has 1 aromatic carbocycles. The van der Waals surface area contributed by atoms with Crippen LogP contribution in [0.2, 0.25) is 0 Å². The van der Waals surface area contributed by atoms with Crippen LogP contribution in [0.4, 0.5) is 5.69 Å². The second-order valence-electron chi connectivity index (χ2n) is 8.11. The Labute approximate surface area is 177 Å². The molecule has 30 heavy (non-hydrogen) atoms. The zero-order chi connectivity index (χ0) is 21.9. The number of nitrogens with zero attached hydrogens (tertiary/aromatic N) is 1. The van der Waals surface area contributed by atoms with Crippen LogP contribution >= 0.6 is 0 Å². The van der Waals surface area contributed by atoms with E-state index in [1.165, 1.54) is 11.2 Å². The summed E-state index contributed by atoms with van der Waals surface area (Å²) in [6, 6.07) is 4.86. The van der Waals surface area contributed by atoms with Crippen LogP contribution < -0.4 is 9.62 Å². The van der Waals surface area contributed by atoms with Crippen LogP contribution in [0.5, 0.6) is 0 Å². The number of carbonyl (C=O) groups is 3. The molecule has 3 rings (SSSR count). The predicted molar refractivity (Wildman–Crippen MR) is 112 cm³/mol. The van der Waals surface area contributed by atoms with Gasteiger partial charge in [0.1, 0.15) is 5.54 Å². The highest BCUT2D eigenvalue weighted by Gasteiger charge is 2.42. The maximum absolute atomic E-state index is 12.7. The topological polar surface area (TPSA) is 110 Å². The van der Waals surface area contributed by atoms with E-state index in [0.717, 1.165) is 31.1 Å². The zero-order valence-corrected chi connectivity index (χ0v) is 18.2. The molecule has 2 aliphatic rings. The van der Waals surface area contributed by atoms with Crippen molar-refractivity contribution in [1.82, 2.24) is 5.32 Å². The number of carbonyl (C=O) groups excluding carboxylic acids is 3. The monoisotopic (exact) mass is 436 g/mol. The molecule has 1 N–H and O–H groups in total. The van der Waals surface area contributed by atoms with Gasteiger partial charge in [0.2, 0.25) is 15.9 Å². The van der Waals surface area contributed by atoms with E-state index in [-0.39, 0.29) is 11.7 Å². The zero-order valence-electron chi connectivity index (χ0n) is 17.4. The fraction of sp³-hybridized carbons (Fsp3) is 0.571. The molecular weight excluding hydrogens is 408 g/mol. The summed E-state index contributed by atoms with van der Waals surface area (Å²) in [6.07, 6.45) is 6.12. The molecule has 1 aromatic rings. The minimum Gasteiger partial charge on any atom is -0.456 e. The Morgan fingerprint density at radius 2 is 1.83 bits per heavy atom. The average molecular weight is 437 g/mol. The summed E-state index contributed by atoms with van der Waals surface area (Å²) in [4.78, 5) is 36.9. The Morgan fingerprint density at radius 3 is 2.47 bits per heavy atom. The van der Waals surface area contributed by atoms with Crippen LogP contribution in [-0.2, 0) is 30.8 Å². The van der Waals surface area contributed by atoms with E-state index in [1.807, 2.05) is 0 Å². The largest absolute Gasteiger partial charge is 0.456 e. The van der Waals surface area contributed by atoms with Crippen molar-refractivity contribution < 1.29 is 27.5 Å². The van der Waals surface area contributed by atoms with E-state index in [4.69, 9.17) is 4.74 Å².